The number of rotatable bonds is 3. The maximum Gasteiger partial charge on any atom is 0.287 e. The normalized spacial score (nSPS) is 21.3. The molecule has 1 atom stereocenters. The van der Waals surface area contributed by atoms with Crippen LogP contribution in [0.4, 0.5) is 5.69 Å². The van der Waals surface area contributed by atoms with Gasteiger partial charge >= 0.3 is 0 Å². The summed E-state index contributed by atoms with van der Waals surface area (Å²) < 4.78 is 7.10. The molecule has 0 spiro atoms. The summed E-state index contributed by atoms with van der Waals surface area (Å²) in [5.41, 5.74) is -0.443. The van der Waals surface area contributed by atoms with Gasteiger partial charge in [0.2, 0.25) is 0 Å². The van der Waals surface area contributed by atoms with Gasteiger partial charge in [-0.05, 0) is 13.8 Å². The Labute approximate surface area is 122 Å². The Hall–Kier alpha value is -1.93. The van der Waals surface area contributed by atoms with Crippen LogP contribution in [-0.2, 0) is 11.8 Å². The van der Waals surface area contributed by atoms with E-state index in [1.165, 1.54) is 16.8 Å². The average molecular weight is 297 g/mol. The van der Waals surface area contributed by atoms with Crippen LogP contribution in [0.3, 0.4) is 0 Å². The van der Waals surface area contributed by atoms with Crippen LogP contribution in [0.25, 0.3) is 0 Å². The molecule has 1 aromatic rings. The van der Waals surface area contributed by atoms with E-state index in [1.807, 2.05) is 13.8 Å². The van der Waals surface area contributed by atoms with Crippen LogP contribution in [0.15, 0.2) is 12.3 Å². The Kier molecular flexibility index (Phi) is 4.02. The first kappa shape index (κ1) is 15.5. The van der Waals surface area contributed by atoms with Crippen molar-refractivity contribution in [2.75, 3.05) is 19.7 Å². The van der Waals surface area contributed by atoms with E-state index in [4.69, 9.17) is 4.74 Å². The number of nitro groups is 1. The molecule has 1 N–H and O–H groups in total. The molecule has 21 heavy (non-hydrogen) atoms. The molecule has 1 aliphatic rings. The van der Waals surface area contributed by atoms with E-state index >= 15 is 0 Å². The molecule has 8 nitrogen and oxygen atoms in total. The van der Waals surface area contributed by atoms with Crippen molar-refractivity contribution in [3.63, 3.8) is 0 Å². The number of morpholine rings is 1. The molecule has 0 aliphatic carbocycles. The second-order valence-corrected chi connectivity index (χ2v) is 5.82. The minimum Gasteiger partial charge on any atom is -0.394 e. The summed E-state index contributed by atoms with van der Waals surface area (Å²) in [6, 6.07) is 1.26. The van der Waals surface area contributed by atoms with E-state index in [1.54, 1.807) is 11.9 Å². The lowest BCUT2D eigenvalue weighted by atomic mass is 10.0. The van der Waals surface area contributed by atoms with Gasteiger partial charge in [-0.25, -0.2) is 0 Å². The second kappa shape index (κ2) is 5.45. The second-order valence-electron chi connectivity index (χ2n) is 5.82. The fourth-order valence-electron chi connectivity index (χ4n) is 2.57. The number of aliphatic hydroxyl groups is 1. The Morgan fingerprint density at radius 3 is 2.81 bits per heavy atom. The van der Waals surface area contributed by atoms with Crippen molar-refractivity contribution in [3.8, 4) is 0 Å². The molecule has 1 aromatic heterocycles. The van der Waals surface area contributed by atoms with E-state index in [2.05, 4.69) is 0 Å². The largest absolute Gasteiger partial charge is 0.394 e. The average Bonchev–Trinajstić information content (AvgIpc) is 2.78. The third-order valence-electron chi connectivity index (χ3n) is 3.39. The standard InChI is InChI=1S/C13H19N3O5/c1-13(2)8-15(6-10(7-17)21-13)12(18)11-4-9(16(19)20)5-14(11)3/h4-5,10,17H,6-8H2,1-3H3. The van der Waals surface area contributed by atoms with Crippen LogP contribution < -0.4 is 0 Å². The van der Waals surface area contributed by atoms with E-state index in [0.717, 1.165) is 0 Å². The van der Waals surface area contributed by atoms with Gasteiger partial charge < -0.3 is 19.3 Å². The number of aromatic nitrogens is 1. The summed E-state index contributed by atoms with van der Waals surface area (Å²) >= 11 is 0. The minimum absolute atomic E-state index is 0.118. The van der Waals surface area contributed by atoms with E-state index in [9.17, 15) is 20.0 Å². The number of amides is 1. The maximum atomic E-state index is 12.6. The number of aliphatic hydroxyl groups excluding tert-OH is 1. The third kappa shape index (κ3) is 3.22. The summed E-state index contributed by atoms with van der Waals surface area (Å²) in [7, 11) is 1.59. The summed E-state index contributed by atoms with van der Waals surface area (Å²) in [6.07, 6.45) is 0.857. The number of hydrogen-bond donors (Lipinski definition) is 1. The molecule has 1 aliphatic heterocycles. The van der Waals surface area contributed by atoms with Crippen LogP contribution in [0.5, 0.6) is 0 Å². The van der Waals surface area contributed by atoms with Gasteiger partial charge in [-0.1, -0.05) is 0 Å². The lowest BCUT2D eigenvalue weighted by Crippen LogP contribution is -2.55. The minimum atomic E-state index is -0.571. The van der Waals surface area contributed by atoms with Crippen molar-refractivity contribution in [1.29, 1.82) is 0 Å². The SMILES string of the molecule is Cn1cc([N+](=O)[O-])cc1C(=O)N1CC(CO)OC(C)(C)C1. The smallest absolute Gasteiger partial charge is 0.287 e. The number of hydrogen-bond acceptors (Lipinski definition) is 5. The van der Waals surface area contributed by atoms with Crippen LogP contribution in [0, 0.1) is 10.1 Å². The molecule has 1 unspecified atom stereocenters. The van der Waals surface area contributed by atoms with Crippen LogP contribution >= 0.6 is 0 Å². The van der Waals surface area contributed by atoms with E-state index < -0.39 is 16.6 Å². The zero-order valence-corrected chi connectivity index (χ0v) is 12.3. The Morgan fingerprint density at radius 1 is 1.62 bits per heavy atom. The summed E-state index contributed by atoms with van der Waals surface area (Å²) in [5.74, 6) is -0.305. The number of nitrogens with zero attached hydrogens (tertiary/aromatic N) is 3. The molecule has 1 fully saturated rings. The lowest BCUT2D eigenvalue weighted by molar-refractivity contribution is -0.384. The van der Waals surface area contributed by atoms with Gasteiger partial charge in [-0.2, -0.15) is 0 Å². The summed E-state index contributed by atoms with van der Waals surface area (Å²) in [6.45, 7) is 4.12. The Balaban J connectivity index is 2.24. The van der Waals surface area contributed by atoms with Gasteiger partial charge in [-0.15, -0.1) is 0 Å². The molecule has 0 radical (unpaired) electrons. The van der Waals surface area contributed by atoms with Crippen molar-refractivity contribution >= 4 is 11.6 Å². The Morgan fingerprint density at radius 2 is 2.29 bits per heavy atom. The molecule has 2 rings (SSSR count). The van der Waals surface area contributed by atoms with Gasteiger partial charge in [0, 0.05) is 26.2 Å². The summed E-state index contributed by atoms with van der Waals surface area (Å²) in [5, 5.41) is 20.0. The Bertz CT molecular complexity index is 566. The zero-order valence-electron chi connectivity index (χ0n) is 12.3. The van der Waals surface area contributed by atoms with Gasteiger partial charge in [0.25, 0.3) is 11.6 Å². The molecular formula is C13H19N3O5. The first-order valence-electron chi connectivity index (χ1n) is 6.62. The molecule has 8 heteroatoms. The van der Waals surface area contributed by atoms with Gasteiger partial charge in [-0.3, -0.25) is 14.9 Å². The lowest BCUT2D eigenvalue weighted by Gasteiger charge is -2.42. The van der Waals surface area contributed by atoms with E-state index in [0.29, 0.717) is 6.54 Å². The number of aryl methyl sites for hydroxylation is 1. The molecule has 116 valence electrons. The highest BCUT2D eigenvalue weighted by Crippen LogP contribution is 2.24. The van der Waals surface area contributed by atoms with Crippen molar-refractivity contribution in [3.05, 3.63) is 28.1 Å². The predicted octanol–water partition coefficient (Wildman–Crippen LogP) is 0.545. The molecule has 0 bridgehead atoms. The van der Waals surface area contributed by atoms with Crippen LogP contribution in [0.2, 0.25) is 0 Å². The van der Waals surface area contributed by atoms with E-state index in [-0.39, 0.29) is 30.4 Å². The third-order valence-corrected chi connectivity index (χ3v) is 3.39. The quantitative estimate of drug-likeness (QED) is 0.649. The highest BCUT2D eigenvalue weighted by Gasteiger charge is 2.36. The van der Waals surface area contributed by atoms with Gasteiger partial charge in [0.15, 0.2) is 0 Å². The molecule has 1 amide bonds. The molecule has 0 saturated carbocycles. The first-order chi connectivity index (χ1) is 9.73. The fraction of sp³-hybridized carbons (Fsp3) is 0.615. The monoisotopic (exact) mass is 297 g/mol. The highest BCUT2D eigenvalue weighted by molar-refractivity contribution is 5.93. The fourth-order valence-corrected chi connectivity index (χ4v) is 2.57. The van der Waals surface area contributed by atoms with Crippen molar-refractivity contribution < 1.29 is 19.6 Å². The first-order valence-corrected chi connectivity index (χ1v) is 6.62. The zero-order chi connectivity index (χ0) is 15.8. The maximum absolute atomic E-state index is 12.6. The summed E-state index contributed by atoms with van der Waals surface area (Å²) in [4.78, 5) is 24.4. The van der Waals surface area contributed by atoms with Crippen molar-refractivity contribution in [1.82, 2.24) is 9.47 Å². The molecule has 0 aromatic carbocycles. The van der Waals surface area contributed by atoms with Crippen molar-refractivity contribution in [2.45, 2.75) is 25.6 Å². The molecule has 2 heterocycles. The van der Waals surface area contributed by atoms with Gasteiger partial charge in [0.05, 0.1) is 29.4 Å². The predicted molar refractivity (Wildman–Crippen MR) is 74.0 cm³/mol. The topological polar surface area (TPSA) is 97.8 Å². The van der Waals surface area contributed by atoms with Crippen LogP contribution in [0.1, 0.15) is 24.3 Å². The molecule has 1 saturated heterocycles. The highest BCUT2D eigenvalue weighted by atomic mass is 16.6. The molecular weight excluding hydrogens is 278 g/mol. The van der Waals surface area contributed by atoms with Crippen LogP contribution in [-0.4, -0.2) is 56.8 Å². The van der Waals surface area contributed by atoms with Gasteiger partial charge in [0.1, 0.15) is 5.69 Å². The number of ether oxygens (including phenoxy) is 1. The number of carbonyl (C=O) groups excluding carboxylic acids is 1. The van der Waals surface area contributed by atoms with Crippen molar-refractivity contribution in [2.24, 2.45) is 7.05 Å². The number of carbonyl (C=O) groups is 1.